The number of amides is 1. The van der Waals surface area contributed by atoms with Gasteiger partial charge in [-0.15, -0.1) is 0 Å². The summed E-state index contributed by atoms with van der Waals surface area (Å²) in [7, 11) is 0. The molecule has 2 N–H and O–H groups in total. The number of nitrogens with zero attached hydrogens (tertiary/aromatic N) is 1. The fraction of sp³-hybridized carbons (Fsp3) is 0.500. The SMILES string of the molecule is Cc1c(O)cccc1OCC(=O)N1CCCNCC1. The Hall–Kier alpha value is -1.75. The molecule has 0 aromatic heterocycles. The lowest BCUT2D eigenvalue weighted by Crippen LogP contribution is -2.37. The summed E-state index contributed by atoms with van der Waals surface area (Å²) in [4.78, 5) is 13.8. The fourth-order valence-electron chi connectivity index (χ4n) is 2.09. The van der Waals surface area contributed by atoms with Crippen molar-refractivity contribution in [1.82, 2.24) is 10.2 Å². The summed E-state index contributed by atoms with van der Waals surface area (Å²) < 4.78 is 5.50. The van der Waals surface area contributed by atoms with Gasteiger partial charge in [-0.3, -0.25) is 4.79 Å². The van der Waals surface area contributed by atoms with Crippen molar-refractivity contribution in [3.63, 3.8) is 0 Å². The van der Waals surface area contributed by atoms with E-state index in [1.54, 1.807) is 25.1 Å². The highest BCUT2D eigenvalue weighted by molar-refractivity contribution is 5.77. The molecule has 0 radical (unpaired) electrons. The minimum atomic E-state index is -0.00792. The van der Waals surface area contributed by atoms with E-state index in [1.165, 1.54) is 0 Å². The van der Waals surface area contributed by atoms with Gasteiger partial charge in [-0.05, 0) is 32.0 Å². The Morgan fingerprint density at radius 2 is 2.26 bits per heavy atom. The Morgan fingerprint density at radius 1 is 1.42 bits per heavy atom. The van der Waals surface area contributed by atoms with Gasteiger partial charge >= 0.3 is 0 Å². The predicted molar refractivity (Wildman–Crippen MR) is 72.4 cm³/mol. The van der Waals surface area contributed by atoms with Crippen molar-refractivity contribution >= 4 is 5.91 Å². The summed E-state index contributed by atoms with van der Waals surface area (Å²) in [5.41, 5.74) is 0.660. The average molecular weight is 264 g/mol. The maximum absolute atomic E-state index is 12.0. The lowest BCUT2D eigenvalue weighted by molar-refractivity contribution is -0.133. The van der Waals surface area contributed by atoms with Crippen LogP contribution in [0, 0.1) is 6.92 Å². The number of hydrogen-bond acceptors (Lipinski definition) is 4. The maximum atomic E-state index is 12.0. The molecule has 1 aliphatic rings. The quantitative estimate of drug-likeness (QED) is 0.851. The average Bonchev–Trinajstić information content (AvgIpc) is 2.69. The highest BCUT2D eigenvalue weighted by atomic mass is 16.5. The number of aromatic hydroxyl groups is 1. The molecular weight excluding hydrogens is 244 g/mol. The molecule has 1 aliphatic heterocycles. The van der Waals surface area contributed by atoms with Gasteiger partial charge in [-0.25, -0.2) is 0 Å². The van der Waals surface area contributed by atoms with Gasteiger partial charge in [0.25, 0.3) is 5.91 Å². The zero-order valence-electron chi connectivity index (χ0n) is 11.2. The minimum absolute atomic E-state index is 0.00792. The highest BCUT2D eigenvalue weighted by Crippen LogP contribution is 2.25. The fourth-order valence-corrected chi connectivity index (χ4v) is 2.09. The van der Waals surface area contributed by atoms with Crippen LogP contribution in [-0.2, 0) is 4.79 Å². The van der Waals surface area contributed by atoms with Crippen LogP contribution < -0.4 is 10.1 Å². The number of carbonyl (C=O) groups is 1. The molecule has 1 aromatic rings. The largest absolute Gasteiger partial charge is 0.508 e. The Kier molecular flexibility index (Phi) is 4.63. The van der Waals surface area contributed by atoms with E-state index < -0.39 is 0 Å². The van der Waals surface area contributed by atoms with Crippen molar-refractivity contribution in [2.45, 2.75) is 13.3 Å². The lowest BCUT2D eigenvalue weighted by atomic mass is 10.2. The van der Waals surface area contributed by atoms with Gasteiger partial charge in [-0.2, -0.15) is 0 Å². The predicted octanol–water partition coefficient (Wildman–Crippen LogP) is 0.901. The van der Waals surface area contributed by atoms with Crippen LogP contribution in [0.2, 0.25) is 0 Å². The smallest absolute Gasteiger partial charge is 0.260 e. The van der Waals surface area contributed by atoms with Crippen LogP contribution in [0.1, 0.15) is 12.0 Å². The number of hydrogen-bond donors (Lipinski definition) is 2. The molecule has 0 aliphatic carbocycles. The highest BCUT2D eigenvalue weighted by Gasteiger charge is 2.16. The molecule has 5 nitrogen and oxygen atoms in total. The first-order valence-corrected chi connectivity index (χ1v) is 6.58. The second-order valence-electron chi connectivity index (χ2n) is 4.67. The molecule has 2 rings (SSSR count). The number of phenolic OH excluding ortho intramolecular Hbond substituents is 1. The maximum Gasteiger partial charge on any atom is 0.260 e. The van der Waals surface area contributed by atoms with Crippen LogP contribution in [0.4, 0.5) is 0 Å². The van der Waals surface area contributed by atoms with E-state index in [1.807, 2.05) is 4.90 Å². The number of rotatable bonds is 3. The molecule has 1 amide bonds. The monoisotopic (exact) mass is 264 g/mol. The van der Waals surface area contributed by atoms with Crippen LogP contribution in [0.15, 0.2) is 18.2 Å². The van der Waals surface area contributed by atoms with Crippen LogP contribution in [0.3, 0.4) is 0 Å². The molecule has 1 heterocycles. The normalized spacial score (nSPS) is 15.9. The zero-order chi connectivity index (χ0) is 13.7. The first-order valence-electron chi connectivity index (χ1n) is 6.58. The van der Waals surface area contributed by atoms with Crippen molar-refractivity contribution < 1.29 is 14.6 Å². The molecule has 0 saturated carbocycles. The van der Waals surface area contributed by atoms with Crippen LogP contribution >= 0.6 is 0 Å². The lowest BCUT2D eigenvalue weighted by Gasteiger charge is -2.20. The summed E-state index contributed by atoms with van der Waals surface area (Å²) in [5.74, 6) is 0.733. The Morgan fingerprint density at radius 3 is 3.11 bits per heavy atom. The van der Waals surface area contributed by atoms with Crippen LogP contribution in [0.25, 0.3) is 0 Å². The van der Waals surface area contributed by atoms with Gasteiger partial charge in [0.1, 0.15) is 11.5 Å². The number of phenols is 1. The molecule has 0 bridgehead atoms. The Bertz CT molecular complexity index is 440. The van der Waals surface area contributed by atoms with E-state index in [2.05, 4.69) is 5.32 Å². The molecule has 0 spiro atoms. The number of carbonyl (C=O) groups excluding carboxylic acids is 1. The summed E-state index contributed by atoms with van der Waals surface area (Å²) >= 11 is 0. The van der Waals surface area contributed by atoms with Gasteiger partial charge in [0.2, 0.25) is 0 Å². The van der Waals surface area contributed by atoms with E-state index >= 15 is 0 Å². The summed E-state index contributed by atoms with van der Waals surface area (Å²) in [6.07, 6.45) is 0.969. The summed E-state index contributed by atoms with van der Waals surface area (Å²) in [6, 6.07) is 5.06. The summed E-state index contributed by atoms with van der Waals surface area (Å²) in [6.45, 7) is 5.07. The Labute approximate surface area is 113 Å². The molecule has 5 heteroatoms. The van der Waals surface area contributed by atoms with Crippen LogP contribution in [0.5, 0.6) is 11.5 Å². The molecule has 1 saturated heterocycles. The van der Waals surface area contributed by atoms with Gasteiger partial charge in [-0.1, -0.05) is 6.07 Å². The molecule has 0 unspecified atom stereocenters. The number of ether oxygens (including phenoxy) is 1. The van der Waals surface area contributed by atoms with E-state index in [0.717, 1.165) is 32.6 Å². The Balaban J connectivity index is 1.90. The van der Waals surface area contributed by atoms with E-state index in [4.69, 9.17) is 4.74 Å². The molecule has 104 valence electrons. The molecular formula is C14H20N2O3. The topological polar surface area (TPSA) is 61.8 Å². The first-order chi connectivity index (χ1) is 9.18. The molecule has 0 atom stereocenters. The van der Waals surface area contributed by atoms with Gasteiger partial charge in [0, 0.05) is 25.2 Å². The number of benzene rings is 1. The molecule has 19 heavy (non-hydrogen) atoms. The van der Waals surface area contributed by atoms with E-state index in [-0.39, 0.29) is 18.3 Å². The third-order valence-corrected chi connectivity index (χ3v) is 3.30. The van der Waals surface area contributed by atoms with Gasteiger partial charge in [0.15, 0.2) is 6.61 Å². The minimum Gasteiger partial charge on any atom is -0.508 e. The van der Waals surface area contributed by atoms with Crippen LogP contribution in [-0.4, -0.2) is 48.7 Å². The van der Waals surface area contributed by atoms with Crippen molar-refractivity contribution in [3.8, 4) is 11.5 Å². The van der Waals surface area contributed by atoms with E-state index in [9.17, 15) is 9.90 Å². The second kappa shape index (κ2) is 6.43. The zero-order valence-corrected chi connectivity index (χ0v) is 11.2. The van der Waals surface area contributed by atoms with Crippen molar-refractivity contribution in [2.24, 2.45) is 0 Å². The second-order valence-corrected chi connectivity index (χ2v) is 4.67. The summed E-state index contributed by atoms with van der Waals surface area (Å²) in [5, 5.41) is 12.8. The van der Waals surface area contributed by atoms with Gasteiger partial charge < -0.3 is 20.1 Å². The van der Waals surface area contributed by atoms with Crippen molar-refractivity contribution in [1.29, 1.82) is 0 Å². The standard InChI is InChI=1S/C14H20N2O3/c1-11-12(17)4-2-5-13(11)19-10-14(18)16-8-3-6-15-7-9-16/h2,4-5,15,17H,3,6-10H2,1H3. The van der Waals surface area contributed by atoms with Crippen molar-refractivity contribution in [3.05, 3.63) is 23.8 Å². The first kappa shape index (κ1) is 13.7. The molecule has 1 fully saturated rings. The molecule has 1 aromatic carbocycles. The van der Waals surface area contributed by atoms with Crippen molar-refractivity contribution in [2.75, 3.05) is 32.8 Å². The van der Waals surface area contributed by atoms with E-state index in [0.29, 0.717) is 11.3 Å². The van der Waals surface area contributed by atoms with Gasteiger partial charge in [0.05, 0.1) is 0 Å². The third-order valence-electron chi connectivity index (χ3n) is 3.30. The number of nitrogens with one attached hydrogen (secondary N) is 1. The third kappa shape index (κ3) is 3.61.